The summed E-state index contributed by atoms with van der Waals surface area (Å²) in [5, 5.41) is 3.38. The van der Waals surface area contributed by atoms with Crippen LogP contribution in [0.15, 0.2) is 42.5 Å². The molecule has 2 nitrogen and oxygen atoms in total. The lowest BCUT2D eigenvalue weighted by Crippen LogP contribution is -2.24. The van der Waals surface area contributed by atoms with Gasteiger partial charge in [-0.05, 0) is 37.5 Å². The summed E-state index contributed by atoms with van der Waals surface area (Å²) in [6, 6.07) is 14.6. The van der Waals surface area contributed by atoms with Crippen molar-refractivity contribution >= 4 is 11.5 Å². The van der Waals surface area contributed by atoms with Crippen molar-refractivity contribution in [2.45, 2.75) is 32.6 Å². The molecule has 3 rings (SSSR count). The van der Waals surface area contributed by atoms with Crippen LogP contribution in [0, 0.1) is 13.8 Å². The number of Topliss-reactive ketones (excluding diaryl/α,β-unsaturated/α-hetero) is 1. The van der Waals surface area contributed by atoms with E-state index in [1.165, 1.54) is 11.1 Å². The van der Waals surface area contributed by atoms with E-state index < -0.39 is 0 Å². The first-order valence-corrected chi connectivity index (χ1v) is 7.56. The van der Waals surface area contributed by atoms with E-state index in [2.05, 4.69) is 49.5 Å². The normalized spacial score (nSPS) is 17.0. The van der Waals surface area contributed by atoms with Crippen LogP contribution in [0.5, 0.6) is 0 Å². The second kappa shape index (κ2) is 5.72. The molecule has 0 fully saturated rings. The van der Waals surface area contributed by atoms with Crippen molar-refractivity contribution < 1.29 is 4.79 Å². The monoisotopic (exact) mass is 279 g/mol. The highest BCUT2D eigenvalue weighted by Crippen LogP contribution is 2.32. The van der Waals surface area contributed by atoms with E-state index in [0.717, 1.165) is 29.8 Å². The third kappa shape index (κ3) is 2.99. The molecule has 2 aromatic rings. The fraction of sp³-hybridized carbons (Fsp3) is 0.316. The fourth-order valence-electron chi connectivity index (χ4n) is 3.30. The van der Waals surface area contributed by atoms with E-state index in [1.807, 2.05) is 12.1 Å². The Hall–Kier alpha value is -2.09. The lowest BCUT2D eigenvalue weighted by Gasteiger charge is -2.25. The fourth-order valence-corrected chi connectivity index (χ4v) is 3.30. The Morgan fingerprint density at radius 2 is 1.86 bits per heavy atom. The Kier molecular flexibility index (Phi) is 3.78. The van der Waals surface area contributed by atoms with Gasteiger partial charge in [-0.1, -0.05) is 47.5 Å². The van der Waals surface area contributed by atoms with Crippen LogP contribution in [0.2, 0.25) is 0 Å². The van der Waals surface area contributed by atoms with Gasteiger partial charge in [-0.15, -0.1) is 0 Å². The van der Waals surface area contributed by atoms with Gasteiger partial charge in [-0.3, -0.25) is 4.79 Å². The number of ketones is 1. The van der Waals surface area contributed by atoms with Crippen molar-refractivity contribution in [2.24, 2.45) is 0 Å². The second-order valence-corrected chi connectivity index (χ2v) is 5.99. The summed E-state index contributed by atoms with van der Waals surface area (Å²) in [6.07, 6.45) is 1.42. The van der Waals surface area contributed by atoms with E-state index in [1.54, 1.807) is 0 Å². The Morgan fingerprint density at radius 3 is 2.62 bits per heavy atom. The standard InChI is InChI=1S/C19H21NO/c1-13-9-14(2)11-15(10-13)12-19(21)17-7-8-20-18-6-4-3-5-16(17)18/h3-6,9-11,17,20H,7-8,12H2,1-2H3. The Balaban J connectivity index is 1.83. The minimum atomic E-state index is 0.0308. The topological polar surface area (TPSA) is 29.1 Å². The van der Waals surface area contributed by atoms with Gasteiger partial charge in [-0.25, -0.2) is 0 Å². The molecule has 21 heavy (non-hydrogen) atoms. The largest absolute Gasteiger partial charge is 0.385 e. The number of carbonyl (C=O) groups excluding carboxylic acids is 1. The minimum absolute atomic E-state index is 0.0308. The molecular formula is C19H21NO. The van der Waals surface area contributed by atoms with Crippen molar-refractivity contribution in [1.29, 1.82) is 0 Å². The summed E-state index contributed by atoms with van der Waals surface area (Å²) in [6.45, 7) is 5.04. The van der Waals surface area contributed by atoms with Crippen LogP contribution in [0.1, 0.15) is 34.6 Å². The van der Waals surface area contributed by atoms with E-state index >= 15 is 0 Å². The highest BCUT2D eigenvalue weighted by molar-refractivity contribution is 5.89. The molecule has 108 valence electrons. The smallest absolute Gasteiger partial charge is 0.144 e. The number of anilines is 1. The molecule has 1 aliphatic heterocycles. The summed E-state index contributed by atoms with van der Waals surface area (Å²) in [5.41, 5.74) is 5.85. The van der Waals surface area contributed by atoms with Gasteiger partial charge >= 0.3 is 0 Å². The minimum Gasteiger partial charge on any atom is -0.385 e. The number of benzene rings is 2. The molecular weight excluding hydrogens is 258 g/mol. The molecule has 0 aliphatic carbocycles. The maximum absolute atomic E-state index is 12.7. The molecule has 0 bridgehead atoms. The van der Waals surface area contributed by atoms with Gasteiger partial charge in [0.15, 0.2) is 0 Å². The molecule has 2 aromatic carbocycles. The average Bonchev–Trinajstić information content (AvgIpc) is 2.45. The van der Waals surface area contributed by atoms with Crippen LogP contribution in [-0.4, -0.2) is 12.3 Å². The van der Waals surface area contributed by atoms with Crippen molar-refractivity contribution in [1.82, 2.24) is 0 Å². The summed E-state index contributed by atoms with van der Waals surface area (Å²) in [7, 11) is 0. The van der Waals surface area contributed by atoms with Crippen LogP contribution < -0.4 is 5.32 Å². The highest BCUT2D eigenvalue weighted by Gasteiger charge is 2.25. The Bertz CT molecular complexity index is 655. The number of para-hydroxylation sites is 1. The Morgan fingerprint density at radius 1 is 1.14 bits per heavy atom. The highest BCUT2D eigenvalue weighted by atomic mass is 16.1. The molecule has 1 atom stereocenters. The van der Waals surface area contributed by atoms with Gasteiger partial charge in [0.2, 0.25) is 0 Å². The molecule has 1 N–H and O–H groups in total. The Labute approximate surface area is 126 Å². The lowest BCUT2D eigenvalue weighted by atomic mass is 9.85. The zero-order valence-corrected chi connectivity index (χ0v) is 12.6. The number of aryl methyl sites for hydroxylation is 2. The summed E-state index contributed by atoms with van der Waals surface area (Å²) >= 11 is 0. The molecule has 1 heterocycles. The van der Waals surface area contributed by atoms with Crippen LogP contribution in [0.25, 0.3) is 0 Å². The molecule has 1 unspecified atom stereocenters. The van der Waals surface area contributed by atoms with E-state index in [9.17, 15) is 4.79 Å². The number of hydrogen-bond acceptors (Lipinski definition) is 2. The van der Waals surface area contributed by atoms with Gasteiger partial charge in [0.05, 0.1) is 0 Å². The molecule has 0 aromatic heterocycles. The first-order chi connectivity index (χ1) is 10.1. The summed E-state index contributed by atoms with van der Waals surface area (Å²) < 4.78 is 0. The predicted molar refractivity (Wildman–Crippen MR) is 86.9 cm³/mol. The summed E-state index contributed by atoms with van der Waals surface area (Å²) in [5.74, 6) is 0.359. The number of hydrogen-bond donors (Lipinski definition) is 1. The second-order valence-electron chi connectivity index (χ2n) is 5.99. The number of rotatable bonds is 3. The van der Waals surface area contributed by atoms with E-state index in [0.29, 0.717) is 12.2 Å². The maximum atomic E-state index is 12.7. The molecule has 0 saturated carbocycles. The van der Waals surface area contributed by atoms with Gasteiger partial charge in [0, 0.05) is 24.6 Å². The quantitative estimate of drug-likeness (QED) is 0.919. The van der Waals surface area contributed by atoms with Crippen molar-refractivity contribution in [3.05, 3.63) is 64.7 Å². The van der Waals surface area contributed by atoms with Crippen LogP contribution in [-0.2, 0) is 11.2 Å². The van der Waals surface area contributed by atoms with Crippen molar-refractivity contribution in [3.63, 3.8) is 0 Å². The number of fused-ring (bicyclic) bond motifs is 1. The van der Waals surface area contributed by atoms with Gasteiger partial charge in [-0.2, -0.15) is 0 Å². The van der Waals surface area contributed by atoms with E-state index in [-0.39, 0.29) is 5.92 Å². The first-order valence-electron chi connectivity index (χ1n) is 7.56. The van der Waals surface area contributed by atoms with Gasteiger partial charge < -0.3 is 5.32 Å². The molecule has 0 radical (unpaired) electrons. The van der Waals surface area contributed by atoms with Crippen molar-refractivity contribution in [3.8, 4) is 0 Å². The number of nitrogens with one attached hydrogen (secondary N) is 1. The predicted octanol–water partition coefficient (Wildman–Crippen LogP) is 4.01. The first kappa shape index (κ1) is 13.9. The summed E-state index contributed by atoms with van der Waals surface area (Å²) in [4.78, 5) is 12.7. The van der Waals surface area contributed by atoms with Crippen molar-refractivity contribution in [2.75, 3.05) is 11.9 Å². The van der Waals surface area contributed by atoms with Gasteiger partial charge in [0.25, 0.3) is 0 Å². The SMILES string of the molecule is Cc1cc(C)cc(CC(=O)C2CCNc3ccccc32)c1. The van der Waals surface area contributed by atoms with Crippen LogP contribution in [0.3, 0.4) is 0 Å². The third-order valence-electron chi connectivity index (χ3n) is 4.13. The number of carbonyl (C=O) groups is 1. The molecule has 0 saturated heterocycles. The lowest BCUT2D eigenvalue weighted by molar-refractivity contribution is -0.120. The average molecular weight is 279 g/mol. The van der Waals surface area contributed by atoms with Crippen LogP contribution in [0.4, 0.5) is 5.69 Å². The molecule has 0 amide bonds. The zero-order chi connectivity index (χ0) is 14.8. The molecule has 1 aliphatic rings. The van der Waals surface area contributed by atoms with Crippen LogP contribution >= 0.6 is 0 Å². The van der Waals surface area contributed by atoms with Gasteiger partial charge in [0.1, 0.15) is 5.78 Å². The van der Waals surface area contributed by atoms with E-state index in [4.69, 9.17) is 0 Å². The maximum Gasteiger partial charge on any atom is 0.144 e. The third-order valence-corrected chi connectivity index (χ3v) is 4.13. The molecule has 0 spiro atoms. The zero-order valence-electron chi connectivity index (χ0n) is 12.6. The molecule has 2 heteroatoms.